The van der Waals surface area contributed by atoms with Crippen LogP contribution in [0.4, 0.5) is 5.69 Å². The zero-order chi connectivity index (χ0) is 24.5. The molecule has 4 aromatic rings. The van der Waals surface area contributed by atoms with E-state index in [1.807, 2.05) is 61.7 Å². The van der Waals surface area contributed by atoms with E-state index in [9.17, 15) is 13.2 Å². The number of anilines is 1. The first-order chi connectivity index (χ1) is 16.2. The number of aryl methyl sites for hydroxylation is 1. The summed E-state index contributed by atoms with van der Waals surface area (Å²) in [5, 5.41) is 9.56. The van der Waals surface area contributed by atoms with E-state index in [4.69, 9.17) is 5.10 Å². The molecule has 0 radical (unpaired) electrons. The first-order valence-corrected chi connectivity index (χ1v) is 13.0. The second-order valence-electron chi connectivity index (χ2n) is 8.21. The Hall–Kier alpha value is -3.27. The van der Waals surface area contributed by atoms with E-state index in [0.717, 1.165) is 25.9 Å². The lowest BCUT2D eigenvalue weighted by atomic mass is 10.1. The van der Waals surface area contributed by atoms with Crippen LogP contribution in [0.15, 0.2) is 71.1 Å². The van der Waals surface area contributed by atoms with Gasteiger partial charge in [0.1, 0.15) is 5.69 Å². The summed E-state index contributed by atoms with van der Waals surface area (Å²) in [7, 11) is -0.679. The van der Waals surface area contributed by atoms with Crippen LogP contribution < -0.4 is 5.32 Å². The van der Waals surface area contributed by atoms with E-state index < -0.39 is 10.0 Å². The molecule has 0 aliphatic heterocycles. The van der Waals surface area contributed by atoms with Crippen LogP contribution in [0.1, 0.15) is 27.0 Å². The molecular formula is C25H26N4O3S2. The highest BCUT2D eigenvalue weighted by Gasteiger charge is 2.23. The molecule has 0 aliphatic rings. The second-order valence-corrected chi connectivity index (χ2v) is 11.3. The van der Waals surface area contributed by atoms with Gasteiger partial charge in [-0.15, -0.1) is 11.3 Å². The van der Waals surface area contributed by atoms with Gasteiger partial charge in [-0.2, -0.15) is 5.10 Å². The van der Waals surface area contributed by atoms with Gasteiger partial charge in [0.05, 0.1) is 21.9 Å². The summed E-state index contributed by atoms with van der Waals surface area (Å²) in [6.07, 6.45) is 1.74. The zero-order valence-corrected chi connectivity index (χ0v) is 21.1. The molecule has 34 heavy (non-hydrogen) atoms. The molecule has 176 valence electrons. The summed E-state index contributed by atoms with van der Waals surface area (Å²) in [4.78, 5) is 14.5. The van der Waals surface area contributed by atoms with E-state index in [2.05, 4.69) is 5.32 Å². The highest BCUT2D eigenvalue weighted by atomic mass is 32.2. The second kappa shape index (κ2) is 9.54. The average molecular weight is 495 g/mol. The summed E-state index contributed by atoms with van der Waals surface area (Å²) in [6.45, 7) is 4.21. The molecular weight excluding hydrogens is 468 g/mol. The van der Waals surface area contributed by atoms with E-state index in [-0.39, 0.29) is 10.8 Å². The molecule has 0 saturated carbocycles. The fraction of sp³-hybridized carbons (Fsp3) is 0.200. The third kappa shape index (κ3) is 4.82. The first kappa shape index (κ1) is 23.9. The Balaban J connectivity index is 1.71. The fourth-order valence-corrected chi connectivity index (χ4v) is 5.28. The molecule has 0 fully saturated rings. The molecule has 0 spiro atoms. The topological polar surface area (TPSA) is 84.3 Å². The van der Waals surface area contributed by atoms with Crippen LogP contribution in [0.5, 0.6) is 0 Å². The van der Waals surface area contributed by atoms with Gasteiger partial charge in [-0.3, -0.25) is 9.48 Å². The van der Waals surface area contributed by atoms with Crippen LogP contribution in [0.25, 0.3) is 10.6 Å². The smallest absolute Gasteiger partial charge is 0.259 e. The number of hydrogen-bond acceptors (Lipinski definition) is 5. The van der Waals surface area contributed by atoms with Gasteiger partial charge in [-0.1, -0.05) is 36.4 Å². The minimum atomic E-state index is -3.65. The van der Waals surface area contributed by atoms with E-state index in [1.54, 1.807) is 16.9 Å². The number of nitrogens with one attached hydrogen (secondary N) is 1. The maximum Gasteiger partial charge on any atom is 0.259 e. The Bertz CT molecular complexity index is 1420. The van der Waals surface area contributed by atoms with Crippen molar-refractivity contribution < 1.29 is 13.2 Å². The summed E-state index contributed by atoms with van der Waals surface area (Å²) >= 11 is 1.51. The number of amides is 1. The first-order valence-electron chi connectivity index (χ1n) is 10.7. The molecule has 7 nitrogen and oxygen atoms in total. The normalized spacial score (nSPS) is 11.7. The summed E-state index contributed by atoms with van der Waals surface area (Å²) in [6, 6.07) is 16.9. The lowest BCUT2D eigenvalue weighted by Crippen LogP contribution is -2.23. The molecule has 2 aromatic carbocycles. The van der Waals surface area contributed by atoms with Crippen molar-refractivity contribution in [1.29, 1.82) is 0 Å². The quantitative estimate of drug-likeness (QED) is 0.401. The van der Waals surface area contributed by atoms with Gasteiger partial charge in [0.15, 0.2) is 0 Å². The SMILES string of the molecule is Cc1cc(S(=O)(=O)N(C)C)cc(NC(=O)c2cn(Cc3ccccc3)nc2-c2cccs2)c1C. The van der Waals surface area contributed by atoms with Crippen molar-refractivity contribution in [1.82, 2.24) is 14.1 Å². The number of thiophene rings is 1. The maximum absolute atomic E-state index is 13.4. The number of aromatic nitrogens is 2. The van der Waals surface area contributed by atoms with Crippen LogP contribution in [0.3, 0.4) is 0 Å². The molecule has 1 N–H and O–H groups in total. The minimum absolute atomic E-state index is 0.133. The Kier molecular flexibility index (Phi) is 6.70. The number of hydrogen-bond donors (Lipinski definition) is 1. The van der Waals surface area contributed by atoms with Crippen molar-refractivity contribution in [3.8, 4) is 10.6 Å². The molecule has 0 unspecified atom stereocenters. The van der Waals surface area contributed by atoms with Crippen molar-refractivity contribution in [3.63, 3.8) is 0 Å². The number of carbonyl (C=O) groups excluding carboxylic acids is 1. The van der Waals surface area contributed by atoms with Gasteiger partial charge >= 0.3 is 0 Å². The lowest BCUT2D eigenvalue weighted by Gasteiger charge is -2.16. The fourth-order valence-electron chi connectivity index (χ4n) is 3.54. The van der Waals surface area contributed by atoms with Gasteiger partial charge in [0.25, 0.3) is 5.91 Å². The molecule has 0 bridgehead atoms. The number of nitrogens with zero attached hydrogens (tertiary/aromatic N) is 3. The Morgan fingerprint density at radius 1 is 1.09 bits per heavy atom. The van der Waals surface area contributed by atoms with Gasteiger partial charge in [0, 0.05) is 26.0 Å². The van der Waals surface area contributed by atoms with E-state index in [0.29, 0.717) is 23.5 Å². The van der Waals surface area contributed by atoms with Crippen molar-refractivity contribution in [2.75, 3.05) is 19.4 Å². The predicted octanol–water partition coefficient (Wildman–Crippen LogP) is 4.78. The Labute approximate surface area is 203 Å². The van der Waals surface area contributed by atoms with Crippen LogP contribution in [0.2, 0.25) is 0 Å². The van der Waals surface area contributed by atoms with Crippen molar-refractivity contribution in [3.05, 3.63) is 88.4 Å². The van der Waals surface area contributed by atoms with Gasteiger partial charge < -0.3 is 5.32 Å². The molecule has 4 rings (SSSR count). The standard InChI is InChI=1S/C25H26N4O3S2/c1-17-13-20(34(31,32)28(3)4)14-22(18(17)2)26-25(30)21-16-29(15-19-9-6-5-7-10-19)27-24(21)23-11-8-12-33-23/h5-14,16H,15H2,1-4H3,(H,26,30). The Morgan fingerprint density at radius 2 is 1.82 bits per heavy atom. The molecule has 0 saturated heterocycles. The van der Waals surface area contributed by atoms with Crippen LogP contribution in [-0.4, -0.2) is 42.5 Å². The predicted molar refractivity (Wildman–Crippen MR) is 136 cm³/mol. The van der Waals surface area contributed by atoms with Crippen LogP contribution >= 0.6 is 11.3 Å². The molecule has 0 atom stereocenters. The van der Waals surface area contributed by atoms with Crippen molar-refractivity contribution in [2.45, 2.75) is 25.3 Å². The van der Waals surface area contributed by atoms with Crippen molar-refractivity contribution in [2.24, 2.45) is 0 Å². The maximum atomic E-state index is 13.4. The molecule has 9 heteroatoms. The zero-order valence-electron chi connectivity index (χ0n) is 19.4. The van der Waals surface area contributed by atoms with Crippen LogP contribution in [0, 0.1) is 13.8 Å². The number of sulfonamides is 1. The monoisotopic (exact) mass is 494 g/mol. The Morgan fingerprint density at radius 3 is 2.47 bits per heavy atom. The highest BCUT2D eigenvalue weighted by molar-refractivity contribution is 7.89. The third-order valence-electron chi connectivity index (χ3n) is 5.62. The third-order valence-corrected chi connectivity index (χ3v) is 8.29. The summed E-state index contributed by atoms with van der Waals surface area (Å²) in [5.41, 5.74) is 4.13. The molecule has 2 aromatic heterocycles. The van der Waals surface area contributed by atoms with E-state index >= 15 is 0 Å². The van der Waals surface area contributed by atoms with Gasteiger partial charge in [-0.05, 0) is 54.1 Å². The number of rotatable bonds is 7. The van der Waals surface area contributed by atoms with Gasteiger partial charge in [0.2, 0.25) is 10.0 Å². The molecule has 2 heterocycles. The highest BCUT2D eigenvalue weighted by Crippen LogP contribution is 2.30. The van der Waals surface area contributed by atoms with Crippen molar-refractivity contribution >= 4 is 33.0 Å². The average Bonchev–Trinajstić information content (AvgIpc) is 3.47. The minimum Gasteiger partial charge on any atom is -0.322 e. The number of benzene rings is 2. The van der Waals surface area contributed by atoms with E-state index in [1.165, 1.54) is 31.5 Å². The van der Waals surface area contributed by atoms with Crippen LogP contribution in [-0.2, 0) is 16.6 Å². The molecule has 0 aliphatic carbocycles. The number of carbonyl (C=O) groups is 1. The largest absolute Gasteiger partial charge is 0.322 e. The lowest BCUT2D eigenvalue weighted by molar-refractivity contribution is 0.102. The summed E-state index contributed by atoms with van der Waals surface area (Å²) < 4.78 is 28.3. The summed E-state index contributed by atoms with van der Waals surface area (Å²) in [5.74, 6) is -0.343. The van der Waals surface area contributed by atoms with Gasteiger partial charge in [-0.25, -0.2) is 12.7 Å². The molecule has 1 amide bonds.